The molecule has 2 aromatic heterocycles. The number of aromatic nitrogens is 2. The molecular weight excluding hydrogens is 224 g/mol. The summed E-state index contributed by atoms with van der Waals surface area (Å²) < 4.78 is 5.01. The fraction of sp³-hybridized carbons (Fsp3) is 0.182. The molecule has 0 N–H and O–H groups in total. The summed E-state index contributed by atoms with van der Waals surface area (Å²) in [6, 6.07) is 0. The van der Waals surface area contributed by atoms with Gasteiger partial charge in [0, 0.05) is 23.3 Å². The van der Waals surface area contributed by atoms with Crippen molar-refractivity contribution in [2.45, 2.75) is 6.92 Å². The molecule has 0 aliphatic rings. The van der Waals surface area contributed by atoms with Gasteiger partial charge in [0.05, 0.1) is 7.11 Å². The van der Waals surface area contributed by atoms with Crippen LogP contribution in [-0.4, -0.2) is 22.9 Å². The highest BCUT2D eigenvalue weighted by Gasteiger charge is 2.18. The van der Waals surface area contributed by atoms with Gasteiger partial charge in [-0.1, -0.05) is 0 Å². The van der Waals surface area contributed by atoms with E-state index in [1.165, 1.54) is 30.8 Å². The first kappa shape index (κ1) is 10.8. The maximum Gasteiger partial charge on any atom is 0.243 e. The van der Waals surface area contributed by atoms with Gasteiger partial charge in [0.15, 0.2) is 5.69 Å². The summed E-state index contributed by atoms with van der Waals surface area (Å²) in [5.74, 6) is 0.113. The minimum absolute atomic E-state index is 0.149. The van der Waals surface area contributed by atoms with Gasteiger partial charge in [-0.3, -0.25) is 4.79 Å². The molecule has 0 radical (unpaired) electrons. The highest BCUT2D eigenvalue weighted by Crippen LogP contribution is 2.20. The molecule has 0 spiro atoms. The molecule has 2 heterocycles. The lowest BCUT2D eigenvalue weighted by atomic mass is 10.1. The fourth-order valence-electron chi connectivity index (χ4n) is 1.35. The average Bonchev–Trinajstić information content (AvgIpc) is 2.74. The van der Waals surface area contributed by atoms with Crippen LogP contribution >= 0.6 is 11.3 Å². The largest absolute Gasteiger partial charge is 0.479 e. The van der Waals surface area contributed by atoms with Crippen molar-refractivity contribution < 1.29 is 9.53 Å². The summed E-state index contributed by atoms with van der Waals surface area (Å²) in [5, 5.41) is 3.74. The number of hydrogen-bond acceptors (Lipinski definition) is 5. The minimum atomic E-state index is -0.149. The second kappa shape index (κ2) is 4.40. The Bertz CT molecular complexity index is 522. The highest BCUT2D eigenvalue weighted by molar-refractivity contribution is 7.08. The lowest BCUT2D eigenvalue weighted by molar-refractivity contribution is 0.103. The lowest BCUT2D eigenvalue weighted by Crippen LogP contribution is -2.07. The van der Waals surface area contributed by atoms with Crippen LogP contribution < -0.4 is 4.74 Å². The summed E-state index contributed by atoms with van der Waals surface area (Å²) in [6.45, 7) is 1.90. The number of thiophene rings is 1. The van der Waals surface area contributed by atoms with E-state index in [-0.39, 0.29) is 17.4 Å². The molecule has 2 aromatic rings. The average molecular weight is 234 g/mol. The number of hydrogen-bond donors (Lipinski definition) is 0. The first-order valence-electron chi connectivity index (χ1n) is 4.66. The van der Waals surface area contributed by atoms with Crippen LogP contribution in [0.3, 0.4) is 0 Å². The molecule has 0 amide bonds. The third-order valence-electron chi connectivity index (χ3n) is 2.17. The second-order valence-corrected chi connectivity index (χ2v) is 3.96. The van der Waals surface area contributed by atoms with Gasteiger partial charge >= 0.3 is 0 Å². The Hall–Kier alpha value is -1.75. The summed E-state index contributed by atoms with van der Waals surface area (Å²) in [6.07, 6.45) is 2.98. The van der Waals surface area contributed by atoms with Crippen molar-refractivity contribution in [3.8, 4) is 5.88 Å². The van der Waals surface area contributed by atoms with Gasteiger partial charge in [-0.05, 0) is 17.9 Å². The minimum Gasteiger partial charge on any atom is -0.479 e. The third-order valence-corrected chi connectivity index (χ3v) is 3.03. The molecule has 0 aliphatic carbocycles. The van der Waals surface area contributed by atoms with Crippen molar-refractivity contribution >= 4 is 17.1 Å². The number of nitrogens with zero attached hydrogens (tertiary/aromatic N) is 2. The van der Waals surface area contributed by atoms with E-state index in [0.717, 1.165) is 5.56 Å². The SMILES string of the molecule is COc1nccnc1C(=O)c1cscc1C. The third kappa shape index (κ3) is 1.81. The van der Waals surface area contributed by atoms with Gasteiger partial charge in [-0.25, -0.2) is 9.97 Å². The number of ether oxygens (including phenoxy) is 1. The Morgan fingerprint density at radius 2 is 2.06 bits per heavy atom. The molecule has 4 nitrogen and oxygen atoms in total. The Morgan fingerprint density at radius 3 is 2.69 bits per heavy atom. The van der Waals surface area contributed by atoms with Crippen LogP contribution in [0.5, 0.6) is 5.88 Å². The lowest BCUT2D eigenvalue weighted by Gasteiger charge is -2.04. The van der Waals surface area contributed by atoms with E-state index in [1.807, 2.05) is 17.7 Å². The second-order valence-electron chi connectivity index (χ2n) is 3.21. The van der Waals surface area contributed by atoms with Crippen molar-refractivity contribution in [2.75, 3.05) is 7.11 Å². The van der Waals surface area contributed by atoms with Gasteiger partial charge in [0.25, 0.3) is 0 Å². The van der Waals surface area contributed by atoms with E-state index in [9.17, 15) is 4.79 Å². The fourth-order valence-corrected chi connectivity index (χ4v) is 2.18. The molecule has 0 bridgehead atoms. The maximum atomic E-state index is 12.1. The van der Waals surface area contributed by atoms with E-state index in [0.29, 0.717) is 5.56 Å². The summed E-state index contributed by atoms with van der Waals surface area (Å²) in [4.78, 5) is 20.1. The summed E-state index contributed by atoms with van der Waals surface area (Å²) >= 11 is 1.49. The maximum absolute atomic E-state index is 12.1. The topological polar surface area (TPSA) is 52.1 Å². The first-order valence-corrected chi connectivity index (χ1v) is 5.61. The van der Waals surface area contributed by atoms with Crippen molar-refractivity contribution in [1.29, 1.82) is 0 Å². The zero-order chi connectivity index (χ0) is 11.5. The predicted molar refractivity (Wildman–Crippen MR) is 61.1 cm³/mol. The molecule has 2 rings (SSSR count). The highest BCUT2D eigenvalue weighted by atomic mass is 32.1. The molecule has 0 atom stereocenters. The first-order chi connectivity index (χ1) is 7.74. The van der Waals surface area contributed by atoms with Crippen molar-refractivity contribution in [3.05, 3.63) is 40.0 Å². The number of rotatable bonds is 3. The van der Waals surface area contributed by atoms with Crippen LogP contribution in [0.15, 0.2) is 23.2 Å². The smallest absolute Gasteiger partial charge is 0.243 e. The quantitative estimate of drug-likeness (QED) is 0.763. The summed E-state index contributed by atoms with van der Waals surface area (Å²) in [5.41, 5.74) is 1.86. The van der Waals surface area contributed by atoms with Crippen LogP contribution in [0.25, 0.3) is 0 Å². The van der Waals surface area contributed by atoms with E-state index >= 15 is 0 Å². The standard InChI is InChI=1S/C11H10N2O2S/c1-7-5-16-6-8(7)10(14)9-11(15-2)13-4-3-12-9/h3-6H,1-2H3. The summed E-state index contributed by atoms with van der Waals surface area (Å²) in [7, 11) is 1.47. The zero-order valence-corrected chi connectivity index (χ0v) is 9.75. The van der Waals surface area contributed by atoms with E-state index in [4.69, 9.17) is 4.74 Å². The number of carbonyl (C=O) groups excluding carboxylic acids is 1. The van der Waals surface area contributed by atoms with E-state index in [1.54, 1.807) is 0 Å². The van der Waals surface area contributed by atoms with Gasteiger partial charge in [-0.2, -0.15) is 11.3 Å². The van der Waals surface area contributed by atoms with Crippen molar-refractivity contribution in [1.82, 2.24) is 9.97 Å². The zero-order valence-electron chi connectivity index (χ0n) is 8.93. The molecule has 0 fully saturated rings. The van der Waals surface area contributed by atoms with Gasteiger partial charge in [0.1, 0.15) is 0 Å². The molecule has 0 unspecified atom stereocenters. The molecule has 0 saturated carbocycles. The Morgan fingerprint density at radius 1 is 1.31 bits per heavy atom. The Balaban J connectivity index is 2.46. The van der Waals surface area contributed by atoms with Crippen LogP contribution in [0.1, 0.15) is 21.6 Å². The molecular formula is C11H10N2O2S. The van der Waals surface area contributed by atoms with Gasteiger partial charge < -0.3 is 4.74 Å². The van der Waals surface area contributed by atoms with Gasteiger partial charge in [-0.15, -0.1) is 0 Å². The number of aryl methyl sites for hydroxylation is 1. The van der Waals surface area contributed by atoms with Crippen molar-refractivity contribution in [3.63, 3.8) is 0 Å². The Labute approximate surface area is 96.9 Å². The predicted octanol–water partition coefficient (Wildman–Crippen LogP) is 2.09. The molecule has 16 heavy (non-hydrogen) atoms. The van der Waals surface area contributed by atoms with E-state index in [2.05, 4.69) is 9.97 Å². The number of ketones is 1. The molecule has 5 heteroatoms. The van der Waals surface area contributed by atoms with Crippen LogP contribution in [0.2, 0.25) is 0 Å². The van der Waals surface area contributed by atoms with Crippen LogP contribution in [0.4, 0.5) is 0 Å². The molecule has 0 saturated heterocycles. The number of methoxy groups -OCH3 is 1. The van der Waals surface area contributed by atoms with Crippen molar-refractivity contribution in [2.24, 2.45) is 0 Å². The monoisotopic (exact) mass is 234 g/mol. The van der Waals surface area contributed by atoms with Crippen LogP contribution in [0, 0.1) is 6.92 Å². The Kier molecular flexibility index (Phi) is 2.96. The molecule has 0 aliphatic heterocycles. The molecule has 82 valence electrons. The normalized spacial score (nSPS) is 10.1. The van der Waals surface area contributed by atoms with E-state index < -0.39 is 0 Å². The van der Waals surface area contributed by atoms with Gasteiger partial charge in [0.2, 0.25) is 11.7 Å². The van der Waals surface area contributed by atoms with Crippen LogP contribution in [-0.2, 0) is 0 Å². The number of carbonyl (C=O) groups is 1. The molecule has 0 aromatic carbocycles.